The molecule has 0 aliphatic rings. The summed E-state index contributed by atoms with van der Waals surface area (Å²) in [5, 5.41) is 2.94. The number of carbonyl (C=O) groups excluding carboxylic acids is 2. The van der Waals surface area contributed by atoms with E-state index >= 15 is 0 Å². The van der Waals surface area contributed by atoms with E-state index in [1.54, 1.807) is 61.7 Å². The Kier molecular flexibility index (Phi) is 10.9. The highest BCUT2D eigenvalue weighted by atomic mass is 32.2. The summed E-state index contributed by atoms with van der Waals surface area (Å²) in [6.07, 6.45) is 0.356. The number of carbonyl (C=O) groups is 2. The molecule has 0 unspecified atom stereocenters. The molecule has 220 valence electrons. The van der Waals surface area contributed by atoms with E-state index in [9.17, 15) is 18.0 Å². The molecule has 0 fully saturated rings. The summed E-state index contributed by atoms with van der Waals surface area (Å²) in [5.41, 5.74) is 2.91. The van der Waals surface area contributed by atoms with Gasteiger partial charge in [-0.3, -0.25) is 13.9 Å². The lowest BCUT2D eigenvalue weighted by Crippen LogP contribution is -2.52. The molecule has 0 heterocycles. The second kappa shape index (κ2) is 14.2. The zero-order valence-corrected chi connectivity index (χ0v) is 25.6. The zero-order chi connectivity index (χ0) is 30.2. The normalized spacial score (nSPS) is 12.1. The number of aryl methyl sites for hydroxylation is 2. The van der Waals surface area contributed by atoms with Gasteiger partial charge in [-0.15, -0.1) is 0 Å². The number of amides is 2. The van der Waals surface area contributed by atoms with Crippen molar-refractivity contribution in [1.29, 1.82) is 0 Å². The molecule has 0 aliphatic carbocycles. The Morgan fingerprint density at radius 3 is 2.22 bits per heavy atom. The average molecular weight is 580 g/mol. The van der Waals surface area contributed by atoms with Crippen LogP contribution in [0.25, 0.3) is 0 Å². The molecular weight excluding hydrogens is 538 g/mol. The average Bonchev–Trinajstić information content (AvgIpc) is 2.94. The summed E-state index contributed by atoms with van der Waals surface area (Å²) in [6, 6.07) is 20.0. The molecule has 1 atom stereocenters. The van der Waals surface area contributed by atoms with Gasteiger partial charge >= 0.3 is 0 Å². The summed E-state index contributed by atoms with van der Waals surface area (Å²) in [7, 11) is -2.55. The Labute approximate surface area is 244 Å². The van der Waals surface area contributed by atoms with Gasteiger partial charge in [0.25, 0.3) is 10.0 Å². The lowest BCUT2D eigenvalue weighted by atomic mass is 10.1. The highest BCUT2D eigenvalue weighted by Crippen LogP contribution is 2.26. The van der Waals surface area contributed by atoms with E-state index in [0.29, 0.717) is 24.4 Å². The molecule has 0 aromatic heterocycles. The molecule has 3 aromatic rings. The molecule has 0 saturated carbocycles. The largest absolute Gasteiger partial charge is 0.497 e. The molecule has 0 saturated heterocycles. The summed E-state index contributed by atoms with van der Waals surface area (Å²) in [6.45, 7) is 9.67. The quantitative estimate of drug-likeness (QED) is 0.305. The van der Waals surface area contributed by atoms with Crippen molar-refractivity contribution in [3.05, 3.63) is 89.5 Å². The minimum absolute atomic E-state index is 0.0819. The number of hydrogen-bond acceptors (Lipinski definition) is 5. The Balaban J connectivity index is 2.06. The van der Waals surface area contributed by atoms with Crippen LogP contribution in [0.15, 0.2) is 77.7 Å². The molecule has 2 amide bonds. The second-order valence-corrected chi connectivity index (χ2v) is 12.5. The third kappa shape index (κ3) is 8.33. The molecular formula is C32H41N3O5S. The van der Waals surface area contributed by atoms with Crippen LogP contribution in [0.4, 0.5) is 5.69 Å². The molecule has 8 nitrogen and oxygen atoms in total. The van der Waals surface area contributed by atoms with Crippen molar-refractivity contribution < 1.29 is 22.7 Å². The van der Waals surface area contributed by atoms with E-state index < -0.39 is 28.5 Å². The van der Waals surface area contributed by atoms with Gasteiger partial charge in [-0.25, -0.2) is 8.42 Å². The molecule has 0 spiro atoms. The smallest absolute Gasteiger partial charge is 0.264 e. The van der Waals surface area contributed by atoms with Crippen LogP contribution >= 0.6 is 0 Å². The Morgan fingerprint density at radius 1 is 0.927 bits per heavy atom. The standard InChI is InChI=1S/C32H41N3O5S/c1-7-30(32(37)33-20-23(2)3)34(21-26-11-9-13-28(19-26)40-6)31(36)22-35(27-12-8-10-25(5)18-27)41(38,39)29-16-14-24(4)15-17-29/h8-19,23,30H,7,20-22H2,1-6H3,(H,33,37)/t30-/m1/s1. The molecule has 0 aliphatic heterocycles. The highest BCUT2D eigenvalue weighted by Gasteiger charge is 2.33. The van der Waals surface area contributed by atoms with E-state index in [2.05, 4.69) is 5.32 Å². The summed E-state index contributed by atoms with van der Waals surface area (Å²) < 4.78 is 34.4. The molecule has 3 rings (SSSR count). The van der Waals surface area contributed by atoms with Gasteiger partial charge in [-0.2, -0.15) is 0 Å². The summed E-state index contributed by atoms with van der Waals surface area (Å²) in [5.74, 6) is 0.0866. The first kappa shape index (κ1) is 31.7. The van der Waals surface area contributed by atoms with Crippen LogP contribution in [-0.4, -0.2) is 51.4 Å². The maximum absolute atomic E-state index is 14.2. The lowest BCUT2D eigenvalue weighted by molar-refractivity contribution is -0.140. The van der Waals surface area contributed by atoms with Gasteiger partial charge in [0.15, 0.2) is 0 Å². The summed E-state index contributed by atoms with van der Waals surface area (Å²) in [4.78, 5) is 29.0. The zero-order valence-electron chi connectivity index (χ0n) is 24.8. The monoisotopic (exact) mass is 579 g/mol. The molecule has 3 aromatic carbocycles. The van der Waals surface area contributed by atoms with Gasteiger partial charge in [0, 0.05) is 13.1 Å². The van der Waals surface area contributed by atoms with Crippen LogP contribution in [-0.2, 0) is 26.2 Å². The van der Waals surface area contributed by atoms with Crippen molar-refractivity contribution in [2.24, 2.45) is 5.92 Å². The molecule has 0 bridgehead atoms. The minimum Gasteiger partial charge on any atom is -0.497 e. The van der Waals surface area contributed by atoms with Gasteiger partial charge in [0.1, 0.15) is 18.3 Å². The van der Waals surface area contributed by atoms with E-state index in [4.69, 9.17) is 4.74 Å². The fourth-order valence-corrected chi connectivity index (χ4v) is 5.86. The van der Waals surface area contributed by atoms with Crippen LogP contribution in [0, 0.1) is 19.8 Å². The number of methoxy groups -OCH3 is 1. The third-order valence-electron chi connectivity index (χ3n) is 6.74. The van der Waals surface area contributed by atoms with Crippen molar-refractivity contribution in [2.75, 3.05) is 24.5 Å². The van der Waals surface area contributed by atoms with Crippen molar-refractivity contribution in [3.8, 4) is 5.75 Å². The topological polar surface area (TPSA) is 96.0 Å². The molecule has 41 heavy (non-hydrogen) atoms. The minimum atomic E-state index is -4.11. The number of nitrogens with zero attached hydrogens (tertiary/aromatic N) is 2. The van der Waals surface area contributed by atoms with Crippen LogP contribution in [0.3, 0.4) is 0 Å². The highest BCUT2D eigenvalue weighted by molar-refractivity contribution is 7.92. The second-order valence-electron chi connectivity index (χ2n) is 10.6. The number of hydrogen-bond donors (Lipinski definition) is 1. The first-order valence-corrected chi connectivity index (χ1v) is 15.3. The number of ether oxygens (including phenoxy) is 1. The van der Waals surface area contributed by atoms with Crippen LogP contribution in [0.5, 0.6) is 5.75 Å². The number of benzene rings is 3. The molecule has 9 heteroatoms. The Morgan fingerprint density at radius 2 is 1.61 bits per heavy atom. The van der Waals surface area contributed by atoms with Crippen molar-refractivity contribution >= 4 is 27.5 Å². The van der Waals surface area contributed by atoms with Crippen molar-refractivity contribution in [3.63, 3.8) is 0 Å². The number of nitrogens with one attached hydrogen (secondary N) is 1. The van der Waals surface area contributed by atoms with Crippen LogP contribution in [0.2, 0.25) is 0 Å². The number of anilines is 1. The fraction of sp³-hybridized carbons (Fsp3) is 0.375. The molecule has 0 radical (unpaired) electrons. The van der Waals surface area contributed by atoms with Crippen LogP contribution in [0.1, 0.15) is 43.9 Å². The van der Waals surface area contributed by atoms with E-state index in [-0.39, 0.29) is 23.3 Å². The van der Waals surface area contributed by atoms with E-state index in [1.807, 2.05) is 52.8 Å². The molecule has 1 N–H and O–H groups in total. The maximum Gasteiger partial charge on any atom is 0.264 e. The van der Waals surface area contributed by atoms with Crippen molar-refractivity contribution in [2.45, 2.75) is 58.5 Å². The number of sulfonamides is 1. The van der Waals surface area contributed by atoms with E-state index in [0.717, 1.165) is 21.0 Å². The Bertz CT molecular complexity index is 1440. The predicted molar refractivity (Wildman–Crippen MR) is 162 cm³/mol. The summed E-state index contributed by atoms with van der Waals surface area (Å²) >= 11 is 0. The third-order valence-corrected chi connectivity index (χ3v) is 8.52. The van der Waals surface area contributed by atoms with Gasteiger partial charge < -0.3 is 15.0 Å². The van der Waals surface area contributed by atoms with Crippen LogP contribution < -0.4 is 14.4 Å². The first-order chi connectivity index (χ1) is 19.5. The lowest BCUT2D eigenvalue weighted by Gasteiger charge is -2.33. The fourth-order valence-electron chi connectivity index (χ4n) is 4.46. The predicted octanol–water partition coefficient (Wildman–Crippen LogP) is 5.09. The van der Waals surface area contributed by atoms with E-state index in [1.165, 1.54) is 4.90 Å². The van der Waals surface area contributed by atoms with Gasteiger partial charge in [-0.05, 0) is 73.7 Å². The number of rotatable bonds is 13. The van der Waals surface area contributed by atoms with Gasteiger partial charge in [0.2, 0.25) is 11.8 Å². The van der Waals surface area contributed by atoms with Gasteiger partial charge in [0.05, 0.1) is 17.7 Å². The van der Waals surface area contributed by atoms with Gasteiger partial charge in [-0.1, -0.05) is 62.7 Å². The SMILES string of the molecule is CC[C@H](C(=O)NCC(C)C)N(Cc1cccc(OC)c1)C(=O)CN(c1cccc(C)c1)S(=O)(=O)c1ccc(C)cc1. The Hall–Kier alpha value is -3.85. The first-order valence-electron chi connectivity index (χ1n) is 13.8. The van der Waals surface area contributed by atoms with Crippen molar-refractivity contribution in [1.82, 2.24) is 10.2 Å². The maximum atomic E-state index is 14.2.